The average molecular weight is 398 g/mol. The summed E-state index contributed by atoms with van der Waals surface area (Å²) in [5, 5.41) is 2.84. The number of hydrogen-bond donors (Lipinski definition) is 1. The van der Waals surface area contributed by atoms with Gasteiger partial charge in [-0.2, -0.15) is 0 Å². The normalized spacial score (nSPS) is 21.4. The van der Waals surface area contributed by atoms with Crippen molar-refractivity contribution in [2.45, 2.75) is 25.4 Å². The van der Waals surface area contributed by atoms with Gasteiger partial charge < -0.3 is 19.7 Å². The molecule has 2 amide bonds. The lowest BCUT2D eigenvalue weighted by molar-refractivity contribution is -0.122. The van der Waals surface area contributed by atoms with Crippen molar-refractivity contribution in [3.63, 3.8) is 0 Å². The number of nitrogens with one attached hydrogen (secondary N) is 1. The van der Waals surface area contributed by atoms with Crippen LogP contribution in [-0.2, 0) is 14.3 Å². The number of carbonyl (C=O) groups is 2. The Balaban J connectivity index is 1.36. The highest BCUT2D eigenvalue weighted by molar-refractivity contribution is 6.03. The molecule has 0 radical (unpaired) electrons. The standard InChI is InChI=1S/C22H23FN2O4/c23-19-8-1-2-9-20(19)25-13-15(11-21(25)26)22(27)24-16-5-3-6-17(12-16)29-14-18-7-4-10-28-18/h1-3,5-6,8-9,12,15,18H,4,7,10-11,13-14H2,(H,24,27)/t15-,18+/m0/s1. The molecule has 1 N–H and O–H groups in total. The minimum atomic E-state index is -0.543. The van der Waals surface area contributed by atoms with Gasteiger partial charge in [-0.05, 0) is 37.1 Å². The Labute approximate surface area is 168 Å². The third-order valence-corrected chi connectivity index (χ3v) is 5.20. The molecule has 2 heterocycles. The van der Waals surface area contributed by atoms with E-state index in [4.69, 9.17) is 9.47 Å². The van der Waals surface area contributed by atoms with Gasteiger partial charge in [-0.3, -0.25) is 9.59 Å². The SMILES string of the molecule is O=C(Nc1cccc(OC[C@H]2CCCO2)c1)[C@H]1CC(=O)N(c2ccccc2F)C1. The topological polar surface area (TPSA) is 67.9 Å². The summed E-state index contributed by atoms with van der Waals surface area (Å²) < 4.78 is 25.3. The van der Waals surface area contributed by atoms with Crippen molar-refractivity contribution < 1.29 is 23.5 Å². The van der Waals surface area contributed by atoms with E-state index in [1.807, 2.05) is 6.07 Å². The lowest BCUT2D eigenvalue weighted by atomic mass is 10.1. The van der Waals surface area contributed by atoms with Gasteiger partial charge in [0.1, 0.15) is 18.2 Å². The summed E-state index contributed by atoms with van der Waals surface area (Å²) in [7, 11) is 0. The molecule has 0 bridgehead atoms. The van der Waals surface area contributed by atoms with Gasteiger partial charge in [0, 0.05) is 31.3 Å². The molecule has 0 saturated carbocycles. The minimum absolute atomic E-state index is 0.0510. The van der Waals surface area contributed by atoms with Crippen molar-refractivity contribution in [3.05, 3.63) is 54.3 Å². The first-order valence-corrected chi connectivity index (χ1v) is 9.80. The molecule has 2 aromatic rings. The van der Waals surface area contributed by atoms with E-state index in [1.54, 1.807) is 36.4 Å². The predicted molar refractivity (Wildman–Crippen MR) is 106 cm³/mol. The van der Waals surface area contributed by atoms with Crippen molar-refractivity contribution in [3.8, 4) is 5.75 Å². The average Bonchev–Trinajstić information content (AvgIpc) is 3.37. The van der Waals surface area contributed by atoms with E-state index in [0.29, 0.717) is 18.0 Å². The summed E-state index contributed by atoms with van der Waals surface area (Å²) in [5.41, 5.74) is 0.800. The van der Waals surface area contributed by atoms with Crippen LogP contribution in [0.3, 0.4) is 0 Å². The predicted octanol–water partition coefficient (Wildman–Crippen LogP) is 3.38. The molecular weight excluding hydrogens is 375 g/mol. The van der Waals surface area contributed by atoms with Crippen molar-refractivity contribution in [2.75, 3.05) is 30.0 Å². The number of ether oxygens (including phenoxy) is 2. The molecule has 0 unspecified atom stereocenters. The van der Waals surface area contributed by atoms with Crippen molar-refractivity contribution in [2.24, 2.45) is 5.92 Å². The maximum Gasteiger partial charge on any atom is 0.229 e. The second kappa shape index (κ2) is 8.61. The van der Waals surface area contributed by atoms with Gasteiger partial charge >= 0.3 is 0 Å². The number of benzene rings is 2. The summed E-state index contributed by atoms with van der Waals surface area (Å²) in [6.45, 7) is 1.40. The van der Waals surface area contributed by atoms with Crippen LogP contribution in [-0.4, -0.2) is 37.7 Å². The molecule has 2 aromatic carbocycles. The Hall–Kier alpha value is -2.93. The molecule has 2 aliphatic heterocycles. The van der Waals surface area contributed by atoms with Crippen molar-refractivity contribution >= 4 is 23.2 Å². The maximum absolute atomic E-state index is 14.0. The highest BCUT2D eigenvalue weighted by Gasteiger charge is 2.36. The third kappa shape index (κ3) is 4.56. The van der Waals surface area contributed by atoms with E-state index in [-0.39, 0.29) is 36.6 Å². The van der Waals surface area contributed by atoms with Gasteiger partial charge in [0.25, 0.3) is 0 Å². The summed E-state index contributed by atoms with van der Waals surface area (Å²) in [5.74, 6) is -0.900. The highest BCUT2D eigenvalue weighted by atomic mass is 19.1. The Kier molecular flexibility index (Phi) is 5.76. The van der Waals surface area contributed by atoms with E-state index >= 15 is 0 Å². The minimum Gasteiger partial charge on any atom is -0.491 e. The summed E-state index contributed by atoms with van der Waals surface area (Å²) in [6, 6.07) is 13.2. The van der Waals surface area contributed by atoms with Gasteiger partial charge in [0.05, 0.1) is 17.7 Å². The number of anilines is 2. The maximum atomic E-state index is 14.0. The van der Waals surface area contributed by atoms with Crippen LogP contribution < -0.4 is 15.0 Å². The summed E-state index contributed by atoms with van der Waals surface area (Å²) >= 11 is 0. The fourth-order valence-electron chi connectivity index (χ4n) is 3.66. The number of rotatable bonds is 6. The van der Waals surface area contributed by atoms with E-state index < -0.39 is 11.7 Å². The first-order valence-electron chi connectivity index (χ1n) is 9.80. The molecule has 2 fully saturated rings. The van der Waals surface area contributed by atoms with Crippen LogP contribution in [0.2, 0.25) is 0 Å². The molecule has 29 heavy (non-hydrogen) atoms. The fraction of sp³-hybridized carbons (Fsp3) is 0.364. The van der Waals surface area contributed by atoms with E-state index in [1.165, 1.54) is 11.0 Å². The second-order valence-electron chi connectivity index (χ2n) is 7.32. The van der Waals surface area contributed by atoms with Gasteiger partial charge in [-0.1, -0.05) is 18.2 Å². The fourth-order valence-corrected chi connectivity index (χ4v) is 3.66. The molecule has 0 spiro atoms. The number of carbonyl (C=O) groups excluding carboxylic acids is 2. The molecule has 2 aliphatic rings. The number of hydrogen-bond acceptors (Lipinski definition) is 4. The number of nitrogens with zero attached hydrogens (tertiary/aromatic N) is 1. The van der Waals surface area contributed by atoms with E-state index in [2.05, 4.69) is 5.32 Å². The summed E-state index contributed by atoms with van der Waals surface area (Å²) in [6.07, 6.45) is 2.20. The van der Waals surface area contributed by atoms with Gasteiger partial charge in [0.2, 0.25) is 11.8 Å². The first-order chi connectivity index (χ1) is 14.1. The van der Waals surface area contributed by atoms with Crippen LogP contribution in [0.1, 0.15) is 19.3 Å². The van der Waals surface area contributed by atoms with Crippen molar-refractivity contribution in [1.29, 1.82) is 0 Å². The Bertz CT molecular complexity index is 898. The zero-order chi connectivity index (χ0) is 20.2. The zero-order valence-electron chi connectivity index (χ0n) is 16.0. The number of para-hydroxylation sites is 1. The molecule has 4 rings (SSSR count). The molecule has 152 valence electrons. The molecule has 7 heteroatoms. The van der Waals surface area contributed by atoms with Crippen molar-refractivity contribution in [1.82, 2.24) is 0 Å². The molecular formula is C22H23FN2O4. The molecule has 0 aliphatic carbocycles. The lowest BCUT2D eigenvalue weighted by Gasteiger charge is -2.17. The molecule has 2 atom stereocenters. The van der Waals surface area contributed by atoms with Crippen LogP contribution in [0.5, 0.6) is 5.75 Å². The molecule has 2 saturated heterocycles. The molecule has 6 nitrogen and oxygen atoms in total. The Morgan fingerprint density at radius 3 is 2.90 bits per heavy atom. The highest BCUT2D eigenvalue weighted by Crippen LogP contribution is 2.28. The quantitative estimate of drug-likeness (QED) is 0.810. The van der Waals surface area contributed by atoms with Gasteiger partial charge in [0.15, 0.2) is 0 Å². The van der Waals surface area contributed by atoms with Crippen LogP contribution in [0.4, 0.5) is 15.8 Å². The van der Waals surface area contributed by atoms with Gasteiger partial charge in [-0.25, -0.2) is 4.39 Å². The Morgan fingerprint density at radius 1 is 1.24 bits per heavy atom. The number of halogens is 1. The summed E-state index contributed by atoms with van der Waals surface area (Å²) in [4.78, 5) is 26.3. The van der Waals surface area contributed by atoms with Crippen LogP contribution in [0, 0.1) is 11.7 Å². The third-order valence-electron chi connectivity index (χ3n) is 5.20. The zero-order valence-corrected chi connectivity index (χ0v) is 16.0. The van der Waals surface area contributed by atoms with Crippen LogP contribution in [0.25, 0.3) is 0 Å². The monoisotopic (exact) mass is 398 g/mol. The Morgan fingerprint density at radius 2 is 2.10 bits per heavy atom. The number of amides is 2. The first kappa shape index (κ1) is 19.4. The second-order valence-corrected chi connectivity index (χ2v) is 7.32. The van der Waals surface area contributed by atoms with Crippen LogP contribution >= 0.6 is 0 Å². The van der Waals surface area contributed by atoms with Gasteiger partial charge in [-0.15, -0.1) is 0 Å². The van der Waals surface area contributed by atoms with E-state index in [9.17, 15) is 14.0 Å². The lowest BCUT2D eigenvalue weighted by Crippen LogP contribution is -2.28. The van der Waals surface area contributed by atoms with Crippen LogP contribution in [0.15, 0.2) is 48.5 Å². The smallest absolute Gasteiger partial charge is 0.229 e. The van der Waals surface area contributed by atoms with E-state index in [0.717, 1.165) is 19.4 Å². The molecule has 0 aromatic heterocycles. The largest absolute Gasteiger partial charge is 0.491 e.